The van der Waals surface area contributed by atoms with E-state index in [1.807, 2.05) is 19.1 Å². The Balaban J connectivity index is 1.89. The number of benzene rings is 2. The zero-order valence-electron chi connectivity index (χ0n) is 15.1. The second-order valence-corrected chi connectivity index (χ2v) is 6.04. The molecule has 2 aromatic carbocycles. The Hall–Kier alpha value is -2.49. The molecule has 0 aliphatic carbocycles. The molecule has 4 nitrogen and oxygen atoms in total. The van der Waals surface area contributed by atoms with Gasteiger partial charge in [0.25, 0.3) is 0 Å². The first-order chi connectivity index (χ1) is 12.2. The Morgan fingerprint density at radius 3 is 1.96 bits per heavy atom. The summed E-state index contributed by atoms with van der Waals surface area (Å²) in [4.78, 5) is 11.6. The van der Waals surface area contributed by atoms with Gasteiger partial charge in [-0.25, -0.2) is 0 Å². The third-order valence-electron chi connectivity index (χ3n) is 3.84. The van der Waals surface area contributed by atoms with E-state index in [1.165, 1.54) is 18.4 Å². The summed E-state index contributed by atoms with van der Waals surface area (Å²) in [5.41, 5.74) is 2.88. The van der Waals surface area contributed by atoms with Crippen LogP contribution in [0.15, 0.2) is 58.8 Å². The fraction of sp³-hybridized carbons (Fsp3) is 0.381. The smallest absolute Gasteiger partial charge is 0.311 e. The molecule has 0 atom stereocenters. The molecule has 0 unspecified atom stereocenters. The van der Waals surface area contributed by atoms with Crippen molar-refractivity contribution in [2.75, 3.05) is 0 Å². The molecule has 0 fully saturated rings. The molecule has 0 amide bonds. The molecule has 0 radical (unpaired) electrons. The molecular formula is C21H26N2O2. The van der Waals surface area contributed by atoms with Crippen LogP contribution in [0.4, 0.5) is 11.4 Å². The van der Waals surface area contributed by atoms with Gasteiger partial charge in [-0.1, -0.05) is 38.8 Å². The standard InChI is InChI=1S/C21H26N2O2/c1-3-5-7-17-9-11-18(12-10-17)22-23-19-13-15-20(16-14-19)25-21(24)8-6-4-2/h9-16H,3-8H2,1-2H3. The second kappa shape index (κ2) is 10.4. The van der Waals surface area contributed by atoms with Crippen molar-refractivity contribution in [2.24, 2.45) is 10.2 Å². The number of nitrogens with zero attached hydrogens (tertiary/aromatic N) is 2. The largest absolute Gasteiger partial charge is 0.427 e. The highest BCUT2D eigenvalue weighted by molar-refractivity contribution is 5.72. The van der Waals surface area contributed by atoms with Crippen LogP contribution in [0.25, 0.3) is 0 Å². The van der Waals surface area contributed by atoms with Gasteiger partial charge in [-0.2, -0.15) is 10.2 Å². The number of hydrogen-bond donors (Lipinski definition) is 0. The lowest BCUT2D eigenvalue weighted by Crippen LogP contribution is -2.06. The third-order valence-corrected chi connectivity index (χ3v) is 3.84. The first-order valence-corrected chi connectivity index (χ1v) is 9.02. The van der Waals surface area contributed by atoms with Gasteiger partial charge in [-0.3, -0.25) is 4.79 Å². The van der Waals surface area contributed by atoms with Gasteiger partial charge in [-0.15, -0.1) is 0 Å². The quantitative estimate of drug-likeness (QED) is 0.296. The maximum atomic E-state index is 11.6. The van der Waals surface area contributed by atoms with E-state index in [0.717, 1.165) is 30.6 Å². The van der Waals surface area contributed by atoms with Crippen LogP contribution in [0.5, 0.6) is 5.75 Å². The zero-order chi connectivity index (χ0) is 17.9. The van der Waals surface area contributed by atoms with E-state index in [9.17, 15) is 4.79 Å². The molecule has 0 saturated carbocycles. The van der Waals surface area contributed by atoms with Crippen LogP contribution in [-0.2, 0) is 11.2 Å². The van der Waals surface area contributed by atoms with Crippen LogP contribution in [0.1, 0.15) is 51.5 Å². The van der Waals surface area contributed by atoms with Crippen LogP contribution < -0.4 is 4.74 Å². The topological polar surface area (TPSA) is 51.0 Å². The molecule has 0 bridgehead atoms. The van der Waals surface area contributed by atoms with Crippen LogP contribution in [0, 0.1) is 0 Å². The van der Waals surface area contributed by atoms with E-state index in [1.54, 1.807) is 24.3 Å². The van der Waals surface area contributed by atoms with Crippen molar-refractivity contribution in [3.8, 4) is 5.75 Å². The van der Waals surface area contributed by atoms with Crippen molar-refractivity contribution >= 4 is 17.3 Å². The minimum atomic E-state index is -0.195. The van der Waals surface area contributed by atoms with Gasteiger partial charge in [0.15, 0.2) is 0 Å². The van der Waals surface area contributed by atoms with E-state index in [2.05, 4.69) is 29.3 Å². The van der Waals surface area contributed by atoms with E-state index in [0.29, 0.717) is 12.2 Å². The van der Waals surface area contributed by atoms with Gasteiger partial charge in [0.2, 0.25) is 0 Å². The highest BCUT2D eigenvalue weighted by Crippen LogP contribution is 2.22. The van der Waals surface area contributed by atoms with Crippen molar-refractivity contribution in [1.82, 2.24) is 0 Å². The van der Waals surface area contributed by atoms with Gasteiger partial charge in [0.1, 0.15) is 5.75 Å². The molecular weight excluding hydrogens is 312 g/mol. The zero-order valence-corrected chi connectivity index (χ0v) is 15.1. The fourth-order valence-electron chi connectivity index (χ4n) is 2.31. The lowest BCUT2D eigenvalue weighted by molar-refractivity contribution is -0.134. The fourth-order valence-corrected chi connectivity index (χ4v) is 2.31. The first-order valence-electron chi connectivity index (χ1n) is 9.02. The molecule has 0 heterocycles. The van der Waals surface area contributed by atoms with Crippen LogP contribution in [0.2, 0.25) is 0 Å². The average molecular weight is 338 g/mol. The summed E-state index contributed by atoms with van der Waals surface area (Å²) in [6.07, 6.45) is 5.79. The summed E-state index contributed by atoms with van der Waals surface area (Å²) < 4.78 is 5.27. The number of azo groups is 1. The third kappa shape index (κ3) is 6.87. The SMILES string of the molecule is CCCCC(=O)Oc1ccc(N=Nc2ccc(CCCC)cc2)cc1. The molecule has 0 aliphatic heterocycles. The summed E-state index contributed by atoms with van der Waals surface area (Å²) in [7, 11) is 0. The Labute approximate surface area is 149 Å². The number of unbranched alkanes of at least 4 members (excludes halogenated alkanes) is 2. The molecule has 0 saturated heterocycles. The highest BCUT2D eigenvalue weighted by Gasteiger charge is 2.03. The highest BCUT2D eigenvalue weighted by atomic mass is 16.5. The molecule has 4 heteroatoms. The Morgan fingerprint density at radius 1 is 0.840 bits per heavy atom. The lowest BCUT2D eigenvalue weighted by Gasteiger charge is -2.03. The molecule has 0 N–H and O–H groups in total. The van der Waals surface area contributed by atoms with Crippen molar-refractivity contribution < 1.29 is 9.53 Å². The summed E-state index contributed by atoms with van der Waals surface area (Å²) in [6.45, 7) is 4.24. The van der Waals surface area contributed by atoms with E-state index >= 15 is 0 Å². The number of carbonyl (C=O) groups is 1. The predicted molar refractivity (Wildman–Crippen MR) is 101 cm³/mol. The lowest BCUT2D eigenvalue weighted by atomic mass is 10.1. The molecule has 2 aromatic rings. The summed E-state index contributed by atoms with van der Waals surface area (Å²) in [6, 6.07) is 15.2. The van der Waals surface area contributed by atoms with E-state index in [-0.39, 0.29) is 5.97 Å². The van der Waals surface area contributed by atoms with Gasteiger partial charge in [0, 0.05) is 6.42 Å². The molecule has 2 rings (SSSR count). The van der Waals surface area contributed by atoms with Gasteiger partial charge in [0.05, 0.1) is 11.4 Å². The number of ether oxygens (including phenoxy) is 1. The second-order valence-electron chi connectivity index (χ2n) is 6.04. The predicted octanol–water partition coefficient (Wildman–Crippen LogP) is 6.54. The van der Waals surface area contributed by atoms with Crippen molar-refractivity contribution in [1.29, 1.82) is 0 Å². The van der Waals surface area contributed by atoms with E-state index in [4.69, 9.17) is 4.74 Å². The molecule has 132 valence electrons. The summed E-state index contributed by atoms with van der Waals surface area (Å²) in [5, 5.41) is 8.47. The normalized spacial score (nSPS) is 11.0. The Kier molecular flexibility index (Phi) is 7.83. The van der Waals surface area contributed by atoms with Crippen molar-refractivity contribution in [3.63, 3.8) is 0 Å². The van der Waals surface area contributed by atoms with Gasteiger partial charge in [-0.05, 0) is 61.2 Å². The minimum Gasteiger partial charge on any atom is -0.427 e. The maximum absolute atomic E-state index is 11.6. The first kappa shape index (κ1) is 18.8. The molecule has 0 aromatic heterocycles. The monoisotopic (exact) mass is 338 g/mol. The maximum Gasteiger partial charge on any atom is 0.311 e. The molecule has 0 spiro atoms. The molecule has 25 heavy (non-hydrogen) atoms. The molecule has 0 aliphatic rings. The number of carbonyl (C=O) groups excluding carboxylic acids is 1. The van der Waals surface area contributed by atoms with Crippen LogP contribution >= 0.6 is 0 Å². The van der Waals surface area contributed by atoms with E-state index < -0.39 is 0 Å². The van der Waals surface area contributed by atoms with Gasteiger partial charge >= 0.3 is 5.97 Å². The van der Waals surface area contributed by atoms with Crippen molar-refractivity contribution in [3.05, 3.63) is 54.1 Å². The summed E-state index contributed by atoms with van der Waals surface area (Å²) in [5.74, 6) is 0.347. The number of hydrogen-bond acceptors (Lipinski definition) is 4. The number of aryl methyl sites for hydroxylation is 1. The average Bonchev–Trinajstić information content (AvgIpc) is 2.65. The number of rotatable bonds is 9. The van der Waals surface area contributed by atoms with Crippen molar-refractivity contribution in [2.45, 2.75) is 52.4 Å². The van der Waals surface area contributed by atoms with Crippen LogP contribution in [0.3, 0.4) is 0 Å². The van der Waals surface area contributed by atoms with Gasteiger partial charge < -0.3 is 4.74 Å². The minimum absolute atomic E-state index is 0.195. The van der Waals surface area contributed by atoms with Crippen LogP contribution in [-0.4, -0.2) is 5.97 Å². The summed E-state index contributed by atoms with van der Waals surface area (Å²) >= 11 is 0. The Morgan fingerprint density at radius 2 is 1.40 bits per heavy atom. The Bertz CT molecular complexity index is 676. The number of esters is 1.